The highest BCUT2D eigenvalue weighted by molar-refractivity contribution is 5.92. The summed E-state index contributed by atoms with van der Waals surface area (Å²) in [6.45, 7) is 1.85. The van der Waals surface area contributed by atoms with Crippen LogP contribution in [0.3, 0.4) is 0 Å². The summed E-state index contributed by atoms with van der Waals surface area (Å²) in [5, 5.41) is 4.14. The highest BCUT2D eigenvalue weighted by atomic mass is 19.1. The predicted octanol–water partition coefficient (Wildman–Crippen LogP) is 3.41. The van der Waals surface area contributed by atoms with Gasteiger partial charge in [-0.05, 0) is 31.2 Å². The van der Waals surface area contributed by atoms with Gasteiger partial charge in [0.25, 0.3) is 0 Å². The van der Waals surface area contributed by atoms with Gasteiger partial charge < -0.3 is 9.47 Å². The maximum atomic E-state index is 13.8. The van der Waals surface area contributed by atoms with E-state index < -0.39 is 17.8 Å². The van der Waals surface area contributed by atoms with Crippen molar-refractivity contribution >= 4 is 11.9 Å². The summed E-state index contributed by atoms with van der Waals surface area (Å²) in [6.07, 6.45) is 0. The Hall–Kier alpha value is -3.48. The van der Waals surface area contributed by atoms with E-state index in [-0.39, 0.29) is 23.7 Å². The zero-order valence-corrected chi connectivity index (χ0v) is 13.9. The Bertz CT molecular complexity index is 938. The number of benzene rings is 2. The molecule has 2 aromatic carbocycles. The van der Waals surface area contributed by atoms with Crippen LogP contribution < -0.4 is 4.74 Å². The number of hydrogen-bond acceptors (Lipinski definition) is 5. The minimum absolute atomic E-state index is 0.0208. The molecule has 0 bridgehead atoms. The highest BCUT2D eigenvalue weighted by Gasteiger charge is 2.21. The van der Waals surface area contributed by atoms with Crippen molar-refractivity contribution in [1.29, 1.82) is 0 Å². The molecule has 0 aliphatic rings. The highest BCUT2D eigenvalue weighted by Crippen LogP contribution is 2.22. The number of esters is 2. The number of rotatable bonds is 5. The number of aromatic nitrogens is 2. The summed E-state index contributed by atoms with van der Waals surface area (Å²) in [6, 6.07) is 15.5. The van der Waals surface area contributed by atoms with Crippen molar-refractivity contribution in [3.8, 4) is 11.6 Å². The monoisotopic (exact) mass is 354 g/mol. The number of carbonyl (C=O) groups excluding carboxylic acids is 2. The van der Waals surface area contributed by atoms with Crippen molar-refractivity contribution in [1.82, 2.24) is 9.78 Å². The first-order chi connectivity index (χ1) is 12.6. The molecule has 1 heterocycles. The fourth-order valence-electron chi connectivity index (χ4n) is 2.27. The molecule has 0 N–H and O–H groups in total. The van der Waals surface area contributed by atoms with Crippen LogP contribution in [0.5, 0.6) is 5.88 Å². The summed E-state index contributed by atoms with van der Waals surface area (Å²) in [4.78, 5) is 24.3. The topological polar surface area (TPSA) is 70.4 Å². The average Bonchev–Trinajstić information content (AvgIpc) is 3.07. The Balaban J connectivity index is 1.98. The number of para-hydroxylation sites is 1. The van der Waals surface area contributed by atoms with Gasteiger partial charge in [-0.25, -0.2) is 14.0 Å². The van der Waals surface area contributed by atoms with E-state index in [2.05, 4.69) is 5.10 Å². The molecule has 1 aromatic heterocycles. The standard InChI is InChI=1S/C19H15FN2O4/c1-2-25-19(24)16-12-17(22(21-16)13-8-4-3-5-9-13)26-18(23)14-10-6-7-11-15(14)20/h3-12H,2H2,1H3. The van der Waals surface area contributed by atoms with Crippen molar-refractivity contribution < 1.29 is 23.5 Å². The Morgan fingerprint density at radius 1 is 1.04 bits per heavy atom. The number of ether oxygens (including phenoxy) is 2. The van der Waals surface area contributed by atoms with E-state index in [0.29, 0.717) is 5.69 Å². The SMILES string of the molecule is CCOC(=O)c1cc(OC(=O)c2ccccc2F)n(-c2ccccc2)n1. The molecule has 0 saturated heterocycles. The van der Waals surface area contributed by atoms with Crippen molar-refractivity contribution in [2.75, 3.05) is 6.61 Å². The van der Waals surface area contributed by atoms with E-state index in [4.69, 9.17) is 9.47 Å². The molecule has 6 nitrogen and oxygen atoms in total. The normalized spacial score (nSPS) is 10.4. The summed E-state index contributed by atoms with van der Waals surface area (Å²) in [5.41, 5.74) is 0.331. The fraction of sp³-hybridized carbons (Fsp3) is 0.105. The maximum Gasteiger partial charge on any atom is 0.358 e. The lowest BCUT2D eigenvalue weighted by atomic mass is 10.2. The zero-order valence-electron chi connectivity index (χ0n) is 13.9. The molecule has 132 valence electrons. The first kappa shape index (κ1) is 17.3. The molecule has 0 saturated carbocycles. The van der Waals surface area contributed by atoms with Crippen LogP contribution in [0.2, 0.25) is 0 Å². The second kappa shape index (κ2) is 7.60. The first-order valence-electron chi connectivity index (χ1n) is 7.89. The molecule has 0 unspecified atom stereocenters. The lowest BCUT2D eigenvalue weighted by Gasteiger charge is -2.08. The minimum atomic E-state index is -0.893. The van der Waals surface area contributed by atoms with Crippen LogP contribution in [0.15, 0.2) is 60.7 Å². The molecule has 0 amide bonds. The average molecular weight is 354 g/mol. The van der Waals surface area contributed by atoms with Gasteiger partial charge >= 0.3 is 11.9 Å². The van der Waals surface area contributed by atoms with E-state index in [0.717, 1.165) is 6.07 Å². The number of nitrogens with zero attached hydrogens (tertiary/aromatic N) is 2. The van der Waals surface area contributed by atoms with Crippen molar-refractivity contribution in [2.45, 2.75) is 6.92 Å². The van der Waals surface area contributed by atoms with E-state index in [1.165, 1.54) is 28.9 Å². The molecule has 26 heavy (non-hydrogen) atoms. The van der Waals surface area contributed by atoms with Crippen LogP contribution in [0.1, 0.15) is 27.8 Å². The van der Waals surface area contributed by atoms with Gasteiger partial charge in [0.1, 0.15) is 5.82 Å². The van der Waals surface area contributed by atoms with Crippen LogP contribution in [0.25, 0.3) is 5.69 Å². The van der Waals surface area contributed by atoms with Gasteiger partial charge in [0.05, 0.1) is 17.9 Å². The molecule has 0 fully saturated rings. The first-order valence-corrected chi connectivity index (χ1v) is 7.89. The van der Waals surface area contributed by atoms with Crippen molar-refractivity contribution in [3.63, 3.8) is 0 Å². The quantitative estimate of drug-likeness (QED) is 0.657. The smallest absolute Gasteiger partial charge is 0.358 e. The molecule has 3 rings (SSSR count). The third kappa shape index (κ3) is 3.61. The lowest BCUT2D eigenvalue weighted by Crippen LogP contribution is -2.13. The van der Waals surface area contributed by atoms with E-state index in [1.54, 1.807) is 31.2 Å². The number of hydrogen-bond donors (Lipinski definition) is 0. The lowest BCUT2D eigenvalue weighted by molar-refractivity contribution is 0.0518. The van der Waals surface area contributed by atoms with E-state index >= 15 is 0 Å². The molecule has 3 aromatic rings. The summed E-state index contributed by atoms with van der Waals surface area (Å²) < 4.78 is 25.3. The van der Waals surface area contributed by atoms with Crippen LogP contribution in [0, 0.1) is 5.82 Å². The molecular formula is C19H15FN2O4. The number of halogens is 1. The van der Waals surface area contributed by atoms with E-state index in [1.807, 2.05) is 6.07 Å². The molecule has 0 atom stereocenters. The molecule has 0 aliphatic heterocycles. The predicted molar refractivity (Wildman–Crippen MR) is 90.9 cm³/mol. The third-order valence-corrected chi connectivity index (χ3v) is 3.45. The molecular weight excluding hydrogens is 339 g/mol. The molecule has 7 heteroatoms. The second-order valence-corrected chi connectivity index (χ2v) is 5.21. The maximum absolute atomic E-state index is 13.8. The molecule has 0 radical (unpaired) electrons. The van der Waals surface area contributed by atoms with Gasteiger partial charge in [0.2, 0.25) is 5.88 Å². The van der Waals surface area contributed by atoms with Gasteiger partial charge in [-0.2, -0.15) is 9.78 Å². The summed E-state index contributed by atoms with van der Waals surface area (Å²) >= 11 is 0. The van der Waals surface area contributed by atoms with Crippen LogP contribution in [-0.4, -0.2) is 28.3 Å². The summed E-state index contributed by atoms with van der Waals surface area (Å²) in [5.74, 6) is -2.26. The van der Waals surface area contributed by atoms with Gasteiger partial charge in [0, 0.05) is 6.07 Å². The Morgan fingerprint density at radius 3 is 2.42 bits per heavy atom. The zero-order chi connectivity index (χ0) is 18.5. The fourth-order valence-corrected chi connectivity index (χ4v) is 2.27. The molecule has 0 aliphatic carbocycles. The van der Waals surface area contributed by atoms with Crippen molar-refractivity contribution in [2.24, 2.45) is 0 Å². The van der Waals surface area contributed by atoms with Crippen LogP contribution in [0.4, 0.5) is 4.39 Å². The van der Waals surface area contributed by atoms with Gasteiger partial charge in [-0.3, -0.25) is 0 Å². The minimum Gasteiger partial charge on any atom is -0.461 e. The summed E-state index contributed by atoms with van der Waals surface area (Å²) in [7, 11) is 0. The Labute approximate surface area is 148 Å². The van der Waals surface area contributed by atoms with Crippen molar-refractivity contribution in [3.05, 3.63) is 77.7 Å². The molecule has 0 spiro atoms. The van der Waals surface area contributed by atoms with Crippen LogP contribution in [-0.2, 0) is 4.74 Å². The van der Waals surface area contributed by atoms with Crippen LogP contribution >= 0.6 is 0 Å². The second-order valence-electron chi connectivity index (χ2n) is 5.21. The van der Waals surface area contributed by atoms with E-state index in [9.17, 15) is 14.0 Å². The largest absolute Gasteiger partial charge is 0.461 e. The third-order valence-electron chi connectivity index (χ3n) is 3.45. The van der Waals surface area contributed by atoms with Gasteiger partial charge in [0.15, 0.2) is 5.69 Å². The number of carbonyl (C=O) groups is 2. The van der Waals surface area contributed by atoms with Gasteiger partial charge in [-0.15, -0.1) is 0 Å². The Kier molecular flexibility index (Phi) is 5.07. The van der Waals surface area contributed by atoms with Gasteiger partial charge in [-0.1, -0.05) is 30.3 Å². The Morgan fingerprint density at radius 2 is 1.73 bits per heavy atom.